The van der Waals surface area contributed by atoms with Gasteiger partial charge in [-0.1, -0.05) is 98.8 Å². The molecule has 0 fully saturated rings. The maximum absolute atomic E-state index is 6.22. The minimum absolute atomic E-state index is 0.0830. The molecule has 0 spiro atoms. The van der Waals surface area contributed by atoms with Crippen molar-refractivity contribution >= 4 is 81.3 Å². The largest absolute Gasteiger partial charge is 0.456 e. The summed E-state index contributed by atoms with van der Waals surface area (Å²) in [4.78, 5) is 2.43. The Hall–Kier alpha value is -5.38. The predicted molar refractivity (Wildman–Crippen MR) is 196 cm³/mol. The molecule has 10 rings (SSSR count). The molecule has 7 aromatic carbocycles. The van der Waals surface area contributed by atoms with E-state index in [4.69, 9.17) is 4.42 Å². The van der Waals surface area contributed by atoms with E-state index in [1.807, 2.05) is 17.4 Å². The van der Waals surface area contributed by atoms with Crippen molar-refractivity contribution < 1.29 is 4.42 Å². The first-order chi connectivity index (χ1) is 22.5. The standard InChI is InChI=1S/C43H29NOS/c1-43(2)36-12-6-3-9-31(36)32-20-17-28(24-37(32)43)44(29-18-21-34-33-10-5-8-14-40(33)46-41(34)25-29)27-16-19-30-26(23-27)15-22-39-42(30)35-11-4-7-13-38(35)45-39/h3-25H,1-2H3. The summed E-state index contributed by atoms with van der Waals surface area (Å²) in [6, 6.07) is 51.1. The van der Waals surface area contributed by atoms with Gasteiger partial charge in [-0.05, 0) is 87.6 Å². The summed E-state index contributed by atoms with van der Waals surface area (Å²) in [5.74, 6) is 0. The molecule has 0 radical (unpaired) electrons. The van der Waals surface area contributed by atoms with Crippen LogP contribution in [0.15, 0.2) is 144 Å². The van der Waals surface area contributed by atoms with Gasteiger partial charge in [-0.15, -0.1) is 11.3 Å². The van der Waals surface area contributed by atoms with Gasteiger partial charge in [0.25, 0.3) is 0 Å². The van der Waals surface area contributed by atoms with Crippen molar-refractivity contribution in [3.8, 4) is 11.1 Å². The van der Waals surface area contributed by atoms with E-state index in [2.05, 4.69) is 152 Å². The van der Waals surface area contributed by atoms with Crippen LogP contribution in [0.5, 0.6) is 0 Å². The Morgan fingerprint density at radius 3 is 2.09 bits per heavy atom. The topological polar surface area (TPSA) is 16.4 Å². The minimum atomic E-state index is -0.0830. The average Bonchev–Trinajstić information content (AvgIpc) is 3.73. The van der Waals surface area contributed by atoms with Gasteiger partial charge in [0.2, 0.25) is 0 Å². The van der Waals surface area contributed by atoms with E-state index < -0.39 is 0 Å². The molecule has 218 valence electrons. The van der Waals surface area contributed by atoms with Crippen molar-refractivity contribution in [3.05, 3.63) is 151 Å². The number of nitrogens with zero attached hydrogens (tertiary/aromatic N) is 1. The third-order valence-corrected chi connectivity index (χ3v) is 11.2. The molecule has 0 N–H and O–H groups in total. The Morgan fingerprint density at radius 1 is 0.500 bits per heavy atom. The van der Waals surface area contributed by atoms with Crippen LogP contribution in [0.25, 0.3) is 64.0 Å². The fourth-order valence-electron chi connectivity index (χ4n) is 7.81. The smallest absolute Gasteiger partial charge is 0.136 e. The van der Waals surface area contributed by atoms with Gasteiger partial charge in [0.05, 0.1) is 0 Å². The second-order valence-electron chi connectivity index (χ2n) is 13.0. The van der Waals surface area contributed by atoms with E-state index in [1.165, 1.54) is 58.6 Å². The summed E-state index contributed by atoms with van der Waals surface area (Å²) >= 11 is 1.86. The highest BCUT2D eigenvalue weighted by molar-refractivity contribution is 7.25. The Labute approximate surface area is 270 Å². The fourth-order valence-corrected chi connectivity index (χ4v) is 8.95. The molecule has 1 aliphatic carbocycles. The van der Waals surface area contributed by atoms with Crippen LogP contribution in [0.3, 0.4) is 0 Å². The lowest BCUT2D eigenvalue weighted by Crippen LogP contribution is -2.16. The van der Waals surface area contributed by atoms with Gasteiger partial charge >= 0.3 is 0 Å². The van der Waals surface area contributed by atoms with Crippen LogP contribution in [-0.2, 0) is 5.41 Å². The minimum Gasteiger partial charge on any atom is -0.456 e. The number of thiophene rings is 1. The summed E-state index contributed by atoms with van der Waals surface area (Å²) in [5.41, 5.74) is 10.6. The first kappa shape index (κ1) is 25.9. The molecule has 0 aliphatic heterocycles. The van der Waals surface area contributed by atoms with Crippen LogP contribution in [0.1, 0.15) is 25.0 Å². The first-order valence-corrected chi connectivity index (χ1v) is 16.7. The molecule has 2 nitrogen and oxygen atoms in total. The van der Waals surface area contributed by atoms with Crippen LogP contribution >= 0.6 is 11.3 Å². The van der Waals surface area contributed by atoms with Crippen molar-refractivity contribution in [1.29, 1.82) is 0 Å². The average molecular weight is 608 g/mol. The summed E-state index contributed by atoms with van der Waals surface area (Å²) < 4.78 is 8.84. The summed E-state index contributed by atoms with van der Waals surface area (Å²) in [6.07, 6.45) is 0. The van der Waals surface area contributed by atoms with Crippen LogP contribution in [0, 0.1) is 0 Å². The zero-order chi connectivity index (χ0) is 30.6. The van der Waals surface area contributed by atoms with E-state index in [0.717, 1.165) is 33.6 Å². The molecule has 9 aromatic rings. The van der Waals surface area contributed by atoms with Gasteiger partial charge < -0.3 is 9.32 Å². The molecule has 0 saturated carbocycles. The predicted octanol–water partition coefficient (Wildman–Crippen LogP) is 12.9. The lowest BCUT2D eigenvalue weighted by atomic mass is 9.82. The lowest BCUT2D eigenvalue weighted by Gasteiger charge is -2.28. The number of para-hydroxylation sites is 1. The molecular formula is C43H29NOS. The highest BCUT2D eigenvalue weighted by atomic mass is 32.1. The Morgan fingerprint density at radius 2 is 1.17 bits per heavy atom. The van der Waals surface area contributed by atoms with E-state index in [1.54, 1.807) is 0 Å². The van der Waals surface area contributed by atoms with Crippen LogP contribution in [-0.4, -0.2) is 0 Å². The van der Waals surface area contributed by atoms with Gasteiger partial charge in [-0.2, -0.15) is 0 Å². The molecule has 0 unspecified atom stereocenters. The molecular weight excluding hydrogens is 579 g/mol. The maximum Gasteiger partial charge on any atom is 0.136 e. The molecule has 0 bridgehead atoms. The number of rotatable bonds is 3. The quantitative estimate of drug-likeness (QED) is 0.199. The summed E-state index contributed by atoms with van der Waals surface area (Å²) in [5, 5.41) is 7.36. The van der Waals surface area contributed by atoms with Crippen molar-refractivity contribution in [3.63, 3.8) is 0 Å². The van der Waals surface area contributed by atoms with Crippen LogP contribution in [0.4, 0.5) is 17.1 Å². The first-order valence-electron chi connectivity index (χ1n) is 15.8. The number of hydrogen-bond acceptors (Lipinski definition) is 3. The molecule has 2 aromatic heterocycles. The zero-order valence-corrected chi connectivity index (χ0v) is 26.4. The van der Waals surface area contributed by atoms with Gasteiger partial charge in [0, 0.05) is 53.4 Å². The molecule has 1 aliphatic rings. The molecule has 2 heterocycles. The van der Waals surface area contributed by atoms with Crippen LogP contribution < -0.4 is 4.90 Å². The van der Waals surface area contributed by atoms with E-state index in [0.29, 0.717) is 0 Å². The third-order valence-electron chi connectivity index (χ3n) is 10.0. The molecule has 3 heteroatoms. The van der Waals surface area contributed by atoms with Gasteiger partial charge in [-0.25, -0.2) is 0 Å². The molecule has 46 heavy (non-hydrogen) atoms. The Kier molecular flexibility index (Phi) is 5.25. The number of furan rings is 1. The normalized spacial score (nSPS) is 13.6. The number of fused-ring (bicyclic) bond motifs is 11. The van der Waals surface area contributed by atoms with Crippen molar-refractivity contribution in [2.24, 2.45) is 0 Å². The SMILES string of the molecule is CC1(C)c2ccccc2-c2ccc(N(c3ccc4c(ccc5oc6ccccc6c54)c3)c3ccc4c(c3)sc3ccccc34)cc21. The highest BCUT2D eigenvalue weighted by Crippen LogP contribution is 2.51. The number of anilines is 3. The lowest BCUT2D eigenvalue weighted by molar-refractivity contribution is 0.660. The second kappa shape index (κ2) is 9.32. The molecule has 0 saturated heterocycles. The molecule has 0 atom stereocenters. The Balaban J connectivity index is 1.20. The Bertz CT molecular complexity index is 2690. The van der Waals surface area contributed by atoms with Crippen LogP contribution in [0.2, 0.25) is 0 Å². The maximum atomic E-state index is 6.22. The number of hydrogen-bond donors (Lipinski definition) is 0. The molecule has 0 amide bonds. The van der Waals surface area contributed by atoms with E-state index in [9.17, 15) is 0 Å². The highest BCUT2D eigenvalue weighted by Gasteiger charge is 2.35. The van der Waals surface area contributed by atoms with Gasteiger partial charge in [0.1, 0.15) is 11.2 Å². The van der Waals surface area contributed by atoms with Crippen molar-refractivity contribution in [2.45, 2.75) is 19.3 Å². The van der Waals surface area contributed by atoms with E-state index in [-0.39, 0.29) is 5.41 Å². The summed E-state index contributed by atoms with van der Waals surface area (Å²) in [6.45, 7) is 4.71. The monoisotopic (exact) mass is 607 g/mol. The second-order valence-corrected chi connectivity index (χ2v) is 14.0. The van der Waals surface area contributed by atoms with Gasteiger partial charge in [0.15, 0.2) is 0 Å². The number of benzene rings is 7. The van der Waals surface area contributed by atoms with E-state index >= 15 is 0 Å². The van der Waals surface area contributed by atoms with Gasteiger partial charge in [-0.3, -0.25) is 0 Å². The third kappa shape index (κ3) is 3.58. The zero-order valence-electron chi connectivity index (χ0n) is 25.5. The fraction of sp³-hybridized carbons (Fsp3) is 0.0698. The summed E-state index contributed by atoms with van der Waals surface area (Å²) in [7, 11) is 0. The van der Waals surface area contributed by atoms with Crippen molar-refractivity contribution in [2.75, 3.05) is 4.90 Å². The van der Waals surface area contributed by atoms with Crippen molar-refractivity contribution in [1.82, 2.24) is 0 Å².